The van der Waals surface area contributed by atoms with E-state index in [4.69, 9.17) is 20.2 Å². The zero-order valence-corrected chi connectivity index (χ0v) is 26.8. The number of carbonyl (C=O) groups excluding carboxylic acids is 3. The van der Waals surface area contributed by atoms with Crippen LogP contribution in [0.1, 0.15) is 24.0 Å². The van der Waals surface area contributed by atoms with Crippen LogP contribution in [0.2, 0.25) is 0 Å². The van der Waals surface area contributed by atoms with Gasteiger partial charge in [0.25, 0.3) is 17.7 Å². The lowest BCUT2D eigenvalue weighted by Gasteiger charge is -2.03. The number of hydrogen-bond donors (Lipinski definition) is 4. The molecule has 0 fully saturated rings. The molecule has 3 rings (SSSR count). The first-order valence-electron chi connectivity index (χ1n) is 12.7. The minimum atomic E-state index is -0.574. The largest absolute Gasteiger partial charge is 0.398 e. The van der Waals surface area contributed by atoms with Crippen LogP contribution in [-0.2, 0) is 28.9 Å². The molecule has 0 aliphatic rings. The molecular formula is C24H28N12O6S3. The van der Waals surface area contributed by atoms with E-state index in [2.05, 4.69) is 56.4 Å². The Balaban J connectivity index is 1.55. The smallest absolute Gasteiger partial charge is 0.275 e. The average Bonchev–Trinajstić information content (AvgIpc) is 3.79. The maximum absolute atomic E-state index is 12.8. The highest BCUT2D eigenvalue weighted by Crippen LogP contribution is 2.20. The van der Waals surface area contributed by atoms with Crippen LogP contribution in [0.4, 0.5) is 15.4 Å². The summed E-state index contributed by atoms with van der Waals surface area (Å²) in [6.45, 7) is 2.27. The van der Waals surface area contributed by atoms with Gasteiger partial charge in [-0.3, -0.25) is 14.4 Å². The second kappa shape index (κ2) is 17.8. The zero-order valence-electron chi connectivity index (χ0n) is 24.3. The number of aromatic nitrogens is 3. The minimum absolute atomic E-state index is 0.0193. The van der Waals surface area contributed by atoms with Gasteiger partial charge < -0.3 is 36.2 Å². The molecule has 0 unspecified atom stereocenters. The highest BCUT2D eigenvalue weighted by molar-refractivity contribution is 7.14. The van der Waals surface area contributed by atoms with E-state index < -0.39 is 17.7 Å². The molecule has 45 heavy (non-hydrogen) atoms. The molecule has 18 nitrogen and oxygen atoms in total. The summed E-state index contributed by atoms with van der Waals surface area (Å²) in [5.74, 6) is -1.54. The maximum atomic E-state index is 12.8. The molecule has 0 aromatic carbocycles. The first kappa shape index (κ1) is 34.3. The highest BCUT2D eigenvalue weighted by Gasteiger charge is 2.20. The van der Waals surface area contributed by atoms with Crippen molar-refractivity contribution in [1.29, 1.82) is 0 Å². The third kappa shape index (κ3) is 10.2. The highest BCUT2D eigenvalue weighted by atomic mass is 32.1. The second-order valence-corrected chi connectivity index (χ2v) is 10.4. The van der Waals surface area contributed by atoms with Gasteiger partial charge in [0, 0.05) is 35.1 Å². The van der Waals surface area contributed by atoms with Crippen LogP contribution in [0.5, 0.6) is 0 Å². The van der Waals surface area contributed by atoms with Gasteiger partial charge in [-0.1, -0.05) is 15.5 Å². The Labute approximate surface area is 268 Å². The van der Waals surface area contributed by atoms with Crippen LogP contribution < -0.4 is 21.7 Å². The lowest BCUT2D eigenvalue weighted by molar-refractivity contribution is -0.115. The van der Waals surface area contributed by atoms with Crippen molar-refractivity contribution >= 4 is 96.7 Å². The minimum Gasteiger partial charge on any atom is -0.398 e. The van der Waals surface area contributed by atoms with E-state index in [1.165, 1.54) is 45.1 Å². The number of likely N-dealkylation sites (N-methyl/N-ethyl adjacent to an activating group) is 1. The second-order valence-electron chi connectivity index (χ2n) is 7.87. The molecule has 0 atom stereocenters. The molecule has 3 aromatic rings. The molecular weight excluding hydrogens is 649 g/mol. The van der Waals surface area contributed by atoms with Crippen LogP contribution in [0.15, 0.2) is 41.6 Å². The first-order chi connectivity index (χ1) is 21.8. The summed E-state index contributed by atoms with van der Waals surface area (Å²) in [5.41, 5.74) is 6.34. The predicted molar refractivity (Wildman–Crippen MR) is 172 cm³/mol. The van der Waals surface area contributed by atoms with E-state index >= 15 is 0 Å². The maximum Gasteiger partial charge on any atom is 0.275 e. The normalized spacial score (nSPS) is 12.4. The third-order valence-electron chi connectivity index (χ3n) is 4.88. The van der Waals surface area contributed by atoms with Gasteiger partial charge in [-0.2, -0.15) is 0 Å². The van der Waals surface area contributed by atoms with Gasteiger partial charge in [0.05, 0.1) is 13.1 Å². The molecule has 3 aromatic heterocycles. The molecule has 3 heterocycles. The molecule has 0 aliphatic carbocycles. The van der Waals surface area contributed by atoms with Crippen LogP contribution >= 0.6 is 34.0 Å². The lowest BCUT2D eigenvalue weighted by Crippen LogP contribution is -2.33. The van der Waals surface area contributed by atoms with E-state index in [1.807, 2.05) is 0 Å². The number of rotatable bonds is 16. The SMILES string of the molecule is CCNC(=O)/C(=N/OC)c1csc(/N=C\CNC(=O)/C(=N/OC)c2csc(/N=C/CNC(=O)/C(=N/OC)c3csc(N)n3)n2)n1. The number of nitrogens with one attached hydrogen (secondary N) is 3. The molecule has 0 radical (unpaired) electrons. The Kier molecular flexibility index (Phi) is 13.6. The molecule has 0 spiro atoms. The summed E-state index contributed by atoms with van der Waals surface area (Å²) in [6.07, 6.45) is 2.86. The van der Waals surface area contributed by atoms with Gasteiger partial charge in [-0.25, -0.2) is 24.9 Å². The van der Waals surface area contributed by atoms with E-state index in [-0.39, 0.29) is 46.7 Å². The Morgan fingerprint density at radius 3 is 1.49 bits per heavy atom. The molecule has 0 saturated carbocycles. The van der Waals surface area contributed by atoms with Crippen molar-refractivity contribution in [2.75, 3.05) is 46.7 Å². The number of hydrogen-bond acceptors (Lipinski definition) is 18. The molecule has 0 saturated heterocycles. The van der Waals surface area contributed by atoms with E-state index in [0.717, 1.165) is 22.7 Å². The zero-order chi connectivity index (χ0) is 32.6. The Morgan fingerprint density at radius 1 is 0.711 bits per heavy atom. The fourth-order valence-corrected chi connectivity index (χ4v) is 4.97. The van der Waals surface area contributed by atoms with Crippen molar-refractivity contribution in [3.63, 3.8) is 0 Å². The number of nitrogens with zero attached hydrogens (tertiary/aromatic N) is 8. The average molecular weight is 677 g/mol. The van der Waals surface area contributed by atoms with Gasteiger partial charge in [0.2, 0.25) is 10.3 Å². The van der Waals surface area contributed by atoms with Gasteiger partial charge in [0.15, 0.2) is 22.3 Å². The van der Waals surface area contributed by atoms with Crippen molar-refractivity contribution in [3.05, 3.63) is 33.2 Å². The van der Waals surface area contributed by atoms with Crippen LogP contribution in [-0.4, -0.2) is 103 Å². The number of anilines is 1. The van der Waals surface area contributed by atoms with E-state index in [9.17, 15) is 14.4 Å². The van der Waals surface area contributed by atoms with E-state index in [0.29, 0.717) is 22.5 Å². The number of nitrogen functional groups attached to an aromatic ring is 1. The van der Waals surface area contributed by atoms with Crippen molar-refractivity contribution in [2.24, 2.45) is 25.5 Å². The molecule has 3 amide bonds. The molecule has 0 aliphatic heterocycles. The number of aliphatic imine (C=N–C) groups is 2. The number of thiazole rings is 3. The van der Waals surface area contributed by atoms with Crippen molar-refractivity contribution < 1.29 is 28.9 Å². The van der Waals surface area contributed by atoms with Crippen LogP contribution in [0.25, 0.3) is 0 Å². The predicted octanol–water partition coefficient (Wildman–Crippen LogP) is 0.863. The van der Waals surface area contributed by atoms with Gasteiger partial charge >= 0.3 is 0 Å². The quantitative estimate of drug-likeness (QED) is 0.123. The number of nitrogens with two attached hydrogens (primary N) is 1. The molecule has 0 bridgehead atoms. The summed E-state index contributed by atoms with van der Waals surface area (Å²) >= 11 is 3.49. The Hall–Kier alpha value is -5.15. The Morgan fingerprint density at radius 2 is 1.11 bits per heavy atom. The van der Waals surface area contributed by atoms with Crippen molar-refractivity contribution in [1.82, 2.24) is 30.9 Å². The van der Waals surface area contributed by atoms with Gasteiger partial charge in [-0.05, 0) is 6.92 Å². The number of oxime groups is 3. The topological polar surface area (TPSA) is 241 Å². The molecule has 5 N–H and O–H groups in total. The van der Waals surface area contributed by atoms with Crippen LogP contribution in [0.3, 0.4) is 0 Å². The van der Waals surface area contributed by atoms with Gasteiger partial charge in [-0.15, -0.1) is 34.0 Å². The van der Waals surface area contributed by atoms with Crippen molar-refractivity contribution in [3.8, 4) is 0 Å². The summed E-state index contributed by atoms with van der Waals surface area (Å²) in [5, 5.41) is 24.9. The third-order valence-corrected chi connectivity index (χ3v) is 7.05. The fourth-order valence-electron chi connectivity index (χ4n) is 3.08. The molecule has 238 valence electrons. The van der Waals surface area contributed by atoms with E-state index in [1.54, 1.807) is 23.1 Å². The summed E-state index contributed by atoms with van der Waals surface area (Å²) in [7, 11) is 3.94. The van der Waals surface area contributed by atoms with Crippen LogP contribution in [0, 0.1) is 0 Å². The summed E-state index contributed by atoms with van der Waals surface area (Å²) < 4.78 is 0. The fraction of sp³-hybridized carbons (Fsp3) is 0.292. The monoisotopic (exact) mass is 676 g/mol. The first-order valence-corrected chi connectivity index (χ1v) is 15.3. The molecule has 21 heteroatoms. The summed E-state index contributed by atoms with van der Waals surface area (Å²) in [6, 6.07) is 0. The van der Waals surface area contributed by atoms with Gasteiger partial charge in [0.1, 0.15) is 38.4 Å². The number of carbonyl (C=O) groups is 3. The standard InChI is InChI=1S/C24H28N12O6S3/c1-5-26-19(37)17(35-41-3)14-11-44-23(32-14)29-9-7-28-21(39)18(36-42-4)15-12-45-24(33-15)30-8-6-27-20(38)16(34-40-2)13-10-43-22(25)31-13/h8-12H,5-7H2,1-4H3,(H2,25,31)(H,26,37)(H,27,38)(H,28,39)/b29-9-,30-8+,34-16+,35-17+,36-18+. The number of amides is 3. The Bertz CT molecular complexity index is 1620. The summed E-state index contributed by atoms with van der Waals surface area (Å²) in [4.78, 5) is 72.8. The lowest BCUT2D eigenvalue weighted by atomic mass is 10.3. The van der Waals surface area contributed by atoms with Crippen molar-refractivity contribution in [2.45, 2.75) is 6.92 Å².